The monoisotopic (exact) mass is 227 g/mol. The second-order valence-corrected chi connectivity index (χ2v) is 3.91. The molecule has 0 radical (unpaired) electrons. The molecule has 0 atom stereocenters. The second kappa shape index (κ2) is 6.42. The molecule has 0 bridgehead atoms. The molecule has 1 aromatic heterocycles. The van der Waals surface area contributed by atoms with Crippen LogP contribution in [0.4, 0.5) is 0 Å². The van der Waals surface area contributed by atoms with E-state index in [1.165, 1.54) is 13.3 Å². The molecular weight excluding hydrogens is 214 g/mol. The molecule has 0 aliphatic heterocycles. The Labute approximate surface area is 92.7 Å². The second-order valence-electron chi connectivity index (χ2n) is 2.81. The number of carbonyl (C=O) groups excluding carboxylic acids is 1. The van der Waals surface area contributed by atoms with Gasteiger partial charge < -0.3 is 9.84 Å². The molecule has 15 heavy (non-hydrogen) atoms. The van der Waals surface area contributed by atoms with Crippen molar-refractivity contribution >= 4 is 17.7 Å². The zero-order chi connectivity index (χ0) is 11.1. The predicted molar refractivity (Wildman–Crippen MR) is 58.8 cm³/mol. The zero-order valence-corrected chi connectivity index (χ0v) is 9.29. The van der Waals surface area contributed by atoms with Crippen LogP contribution in [0.25, 0.3) is 0 Å². The van der Waals surface area contributed by atoms with E-state index < -0.39 is 0 Å². The van der Waals surface area contributed by atoms with Crippen LogP contribution < -0.4 is 0 Å². The van der Waals surface area contributed by atoms with Crippen LogP contribution in [0.2, 0.25) is 0 Å². The van der Waals surface area contributed by atoms with E-state index in [0.717, 1.165) is 11.4 Å². The summed E-state index contributed by atoms with van der Waals surface area (Å²) in [5, 5.41) is 8.59. The minimum atomic E-state index is -0.378. The van der Waals surface area contributed by atoms with Gasteiger partial charge in [0.25, 0.3) is 0 Å². The maximum absolute atomic E-state index is 11.1. The van der Waals surface area contributed by atoms with E-state index in [4.69, 9.17) is 5.11 Å². The SMILES string of the molecule is COC(=O)c1ccc(CSCCO)nc1. The van der Waals surface area contributed by atoms with Gasteiger partial charge in [0.15, 0.2) is 0 Å². The summed E-state index contributed by atoms with van der Waals surface area (Å²) in [5.41, 5.74) is 1.34. The first-order valence-electron chi connectivity index (χ1n) is 4.49. The van der Waals surface area contributed by atoms with Gasteiger partial charge in [-0.2, -0.15) is 11.8 Å². The average Bonchev–Trinajstić information content (AvgIpc) is 2.29. The highest BCUT2D eigenvalue weighted by Gasteiger charge is 2.04. The molecular formula is C10H13NO3S. The van der Waals surface area contributed by atoms with E-state index in [1.807, 2.05) is 0 Å². The largest absolute Gasteiger partial charge is 0.465 e. The summed E-state index contributed by atoms with van der Waals surface area (Å²) in [4.78, 5) is 15.2. The molecule has 1 N–H and O–H groups in total. The summed E-state index contributed by atoms with van der Waals surface area (Å²) in [6.45, 7) is 0.172. The van der Waals surface area contributed by atoms with Crippen LogP contribution in [0, 0.1) is 0 Å². The first kappa shape index (κ1) is 12.0. The highest BCUT2D eigenvalue weighted by atomic mass is 32.2. The third-order valence-electron chi connectivity index (χ3n) is 1.73. The number of hydrogen-bond acceptors (Lipinski definition) is 5. The number of pyridine rings is 1. The van der Waals surface area contributed by atoms with Crippen LogP contribution in [-0.4, -0.2) is 35.5 Å². The van der Waals surface area contributed by atoms with Gasteiger partial charge in [0.1, 0.15) is 0 Å². The van der Waals surface area contributed by atoms with Gasteiger partial charge in [-0.3, -0.25) is 4.98 Å². The topological polar surface area (TPSA) is 59.4 Å². The van der Waals surface area contributed by atoms with E-state index in [0.29, 0.717) is 11.3 Å². The van der Waals surface area contributed by atoms with Crippen molar-refractivity contribution in [2.75, 3.05) is 19.5 Å². The molecule has 0 spiro atoms. The highest BCUT2D eigenvalue weighted by Crippen LogP contribution is 2.10. The number of hydrogen-bond donors (Lipinski definition) is 1. The molecule has 0 fully saturated rings. The number of aliphatic hydroxyl groups is 1. The van der Waals surface area contributed by atoms with Crippen molar-refractivity contribution < 1.29 is 14.6 Å². The van der Waals surface area contributed by atoms with Gasteiger partial charge in [0, 0.05) is 17.7 Å². The Kier molecular flexibility index (Phi) is 5.14. The van der Waals surface area contributed by atoms with Crippen LogP contribution in [-0.2, 0) is 10.5 Å². The third-order valence-corrected chi connectivity index (χ3v) is 2.70. The number of nitrogens with zero attached hydrogens (tertiary/aromatic N) is 1. The molecule has 1 rings (SSSR count). The fraction of sp³-hybridized carbons (Fsp3) is 0.400. The van der Waals surface area contributed by atoms with Crippen molar-refractivity contribution in [2.24, 2.45) is 0 Å². The molecule has 5 heteroatoms. The third kappa shape index (κ3) is 3.89. The maximum atomic E-state index is 11.1. The number of thioether (sulfide) groups is 1. The van der Waals surface area contributed by atoms with Crippen molar-refractivity contribution in [3.05, 3.63) is 29.6 Å². The van der Waals surface area contributed by atoms with E-state index in [2.05, 4.69) is 9.72 Å². The van der Waals surface area contributed by atoms with Gasteiger partial charge in [0.05, 0.1) is 25.0 Å². The van der Waals surface area contributed by atoms with Crippen molar-refractivity contribution in [3.63, 3.8) is 0 Å². The number of carbonyl (C=O) groups is 1. The summed E-state index contributed by atoms with van der Waals surface area (Å²) in [6, 6.07) is 3.48. The van der Waals surface area contributed by atoms with Crippen LogP contribution in [0.15, 0.2) is 18.3 Å². The van der Waals surface area contributed by atoms with Gasteiger partial charge in [-0.1, -0.05) is 0 Å². The quantitative estimate of drug-likeness (QED) is 0.603. The molecule has 0 saturated carbocycles. The molecule has 82 valence electrons. The summed E-state index contributed by atoms with van der Waals surface area (Å²) in [6.07, 6.45) is 1.50. The lowest BCUT2D eigenvalue weighted by Gasteiger charge is -2.01. The fourth-order valence-corrected chi connectivity index (χ4v) is 1.64. The Morgan fingerprint density at radius 1 is 1.60 bits per heavy atom. The lowest BCUT2D eigenvalue weighted by Crippen LogP contribution is -2.02. The van der Waals surface area contributed by atoms with Crippen LogP contribution in [0.1, 0.15) is 16.1 Å². The molecule has 0 saturated heterocycles. The van der Waals surface area contributed by atoms with E-state index in [-0.39, 0.29) is 12.6 Å². The van der Waals surface area contributed by atoms with Gasteiger partial charge >= 0.3 is 5.97 Å². The average molecular weight is 227 g/mol. The minimum Gasteiger partial charge on any atom is -0.465 e. The normalized spacial score (nSPS) is 10.0. The number of rotatable bonds is 5. The number of aliphatic hydroxyl groups excluding tert-OH is 1. The number of esters is 1. The predicted octanol–water partition coefficient (Wildman–Crippen LogP) is 1.09. The van der Waals surface area contributed by atoms with Crippen molar-refractivity contribution in [2.45, 2.75) is 5.75 Å². The van der Waals surface area contributed by atoms with Crippen molar-refractivity contribution in [1.82, 2.24) is 4.98 Å². The Morgan fingerprint density at radius 3 is 2.93 bits per heavy atom. The van der Waals surface area contributed by atoms with Crippen LogP contribution >= 0.6 is 11.8 Å². The number of aromatic nitrogens is 1. The highest BCUT2D eigenvalue weighted by molar-refractivity contribution is 7.98. The molecule has 1 aromatic rings. The molecule has 4 nitrogen and oxygen atoms in total. The van der Waals surface area contributed by atoms with Crippen LogP contribution in [0.5, 0.6) is 0 Å². The smallest absolute Gasteiger partial charge is 0.339 e. The summed E-state index contributed by atoms with van der Waals surface area (Å²) in [5.74, 6) is 1.06. The Hall–Kier alpha value is -1.07. The molecule has 0 unspecified atom stereocenters. The zero-order valence-electron chi connectivity index (χ0n) is 8.47. The van der Waals surface area contributed by atoms with Gasteiger partial charge in [0.2, 0.25) is 0 Å². The summed E-state index contributed by atoms with van der Waals surface area (Å²) >= 11 is 1.60. The lowest BCUT2D eigenvalue weighted by molar-refractivity contribution is 0.0600. The number of methoxy groups -OCH3 is 1. The summed E-state index contributed by atoms with van der Waals surface area (Å²) in [7, 11) is 1.34. The van der Waals surface area contributed by atoms with Gasteiger partial charge in [-0.05, 0) is 12.1 Å². The summed E-state index contributed by atoms with van der Waals surface area (Å²) < 4.78 is 4.56. The molecule has 0 amide bonds. The fourth-order valence-electron chi connectivity index (χ4n) is 0.990. The minimum absolute atomic E-state index is 0.172. The Bertz CT molecular complexity index is 313. The maximum Gasteiger partial charge on any atom is 0.339 e. The van der Waals surface area contributed by atoms with Gasteiger partial charge in [-0.25, -0.2) is 4.79 Å². The van der Waals surface area contributed by atoms with Gasteiger partial charge in [-0.15, -0.1) is 0 Å². The lowest BCUT2D eigenvalue weighted by atomic mass is 10.2. The Balaban J connectivity index is 2.52. The molecule has 0 aliphatic rings. The number of ether oxygens (including phenoxy) is 1. The van der Waals surface area contributed by atoms with E-state index >= 15 is 0 Å². The van der Waals surface area contributed by atoms with Crippen LogP contribution in [0.3, 0.4) is 0 Å². The molecule has 0 aliphatic carbocycles. The van der Waals surface area contributed by atoms with Crippen molar-refractivity contribution in [3.8, 4) is 0 Å². The van der Waals surface area contributed by atoms with E-state index in [1.54, 1.807) is 23.9 Å². The molecule has 1 heterocycles. The standard InChI is InChI=1S/C10H13NO3S/c1-14-10(13)8-2-3-9(11-6-8)7-15-5-4-12/h2-3,6,12H,4-5,7H2,1H3. The first-order chi connectivity index (χ1) is 7.27. The van der Waals surface area contributed by atoms with E-state index in [9.17, 15) is 4.79 Å². The molecule has 0 aromatic carbocycles. The first-order valence-corrected chi connectivity index (χ1v) is 5.65. The Morgan fingerprint density at radius 2 is 2.40 bits per heavy atom. The van der Waals surface area contributed by atoms with Crippen molar-refractivity contribution in [1.29, 1.82) is 0 Å².